The van der Waals surface area contributed by atoms with Crippen LogP contribution in [0.25, 0.3) is 0 Å². The van der Waals surface area contributed by atoms with Crippen molar-refractivity contribution in [1.29, 1.82) is 0 Å². The van der Waals surface area contributed by atoms with Crippen molar-refractivity contribution in [3.05, 3.63) is 35.4 Å². The Morgan fingerprint density at radius 1 is 1.47 bits per heavy atom. The molecule has 92 valence electrons. The van der Waals surface area contributed by atoms with Crippen LogP contribution < -0.4 is 5.32 Å². The van der Waals surface area contributed by atoms with Crippen LogP contribution in [0.4, 0.5) is 0 Å². The second-order valence-corrected chi connectivity index (χ2v) is 3.65. The van der Waals surface area contributed by atoms with Crippen LogP contribution in [0.15, 0.2) is 24.3 Å². The first kappa shape index (κ1) is 13.2. The molecular formula is C12H15NO4. The minimum Gasteiger partial charge on any atom is -0.479 e. The molecule has 1 aromatic carbocycles. The maximum absolute atomic E-state index is 11.1. The van der Waals surface area contributed by atoms with Crippen LogP contribution in [0.3, 0.4) is 0 Å². The molecule has 5 heteroatoms. The molecule has 1 rings (SSSR count). The number of hydrogen-bond donors (Lipinski definition) is 2. The SMILES string of the molecule is COCc1cccc(C(NC(C)=O)C(=O)O)c1. The molecule has 0 aliphatic heterocycles. The van der Waals surface area contributed by atoms with Crippen LogP contribution >= 0.6 is 0 Å². The van der Waals surface area contributed by atoms with Gasteiger partial charge in [-0.2, -0.15) is 0 Å². The van der Waals surface area contributed by atoms with Crippen molar-refractivity contribution in [2.24, 2.45) is 0 Å². The van der Waals surface area contributed by atoms with Crippen LogP contribution in [0.1, 0.15) is 24.1 Å². The van der Waals surface area contributed by atoms with E-state index in [1.165, 1.54) is 6.92 Å². The zero-order valence-electron chi connectivity index (χ0n) is 9.77. The van der Waals surface area contributed by atoms with E-state index in [0.29, 0.717) is 12.2 Å². The Labute approximate surface area is 99.4 Å². The number of aliphatic carboxylic acids is 1. The lowest BCUT2D eigenvalue weighted by Crippen LogP contribution is -2.32. The van der Waals surface area contributed by atoms with Crippen molar-refractivity contribution < 1.29 is 19.4 Å². The Balaban J connectivity index is 2.97. The summed E-state index contributed by atoms with van der Waals surface area (Å²) >= 11 is 0. The largest absolute Gasteiger partial charge is 0.479 e. The van der Waals surface area contributed by atoms with Crippen LogP contribution in [0.5, 0.6) is 0 Å². The van der Waals surface area contributed by atoms with Crippen molar-refractivity contribution >= 4 is 11.9 Å². The van der Waals surface area contributed by atoms with Gasteiger partial charge in [-0.25, -0.2) is 4.79 Å². The lowest BCUT2D eigenvalue weighted by Gasteiger charge is -2.14. The molecule has 0 aliphatic rings. The maximum atomic E-state index is 11.1. The lowest BCUT2D eigenvalue weighted by atomic mass is 10.0. The quantitative estimate of drug-likeness (QED) is 0.804. The molecule has 0 fully saturated rings. The number of ether oxygens (including phenoxy) is 1. The van der Waals surface area contributed by atoms with Crippen molar-refractivity contribution in [1.82, 2.24) is 5.32 Å². The second kappa shape index (κ2) is 6.00. The Kier molecular flexibility index (Phi) is 4.66. The Morgan fingerprint density at radius 2 is 2.18 bits per heavy atom. The van der Waals surface area contributed by atoms with Crippen molar-refractivity contribution in [3.63, 3.8) is 0 Å². The monoisotopic (exact) mass is 237 g/mol. The molecule has 0 aromatic heterocycles. The van der Waals surface area contributed by atoms with Crippen molar-refractivity contribution in [3.8, 4) is 0 Å². The number of carbonyl (C=O) groups excluding carboxylic acids is 1. The summed E-state index contributed by atoms with van der Waals surface area (Å²) in [6, 6.07) is 5.91. The molecule has 0 radical (unpaired) electrons. The third kappa shape index (κ3) is 3.88. The van der Waals surface area contributed by atoms with E-state index in [0.717, 1.165) is 5.56 Å². The molecule has 0 saturated carbocycles. The zero-order chi connectivity index (χ0) is 12.8. The summed E-state index contributed by atoms with van der Waals surface area (Å²) < 4.78 is 4.97. The van der Waals surface area contributed by atoms with Gasteiger partial charge < -0.3 is 15.2 Å². The van der Waals surface area contributed by atoms with Crippen molar-refractivity contribution in [2.75, 3.05) is 7.11 Å². The Hall–Kier alpha value is -1.88. The standard InChI is InChI=1S/C12H15NO4/c1-8(14)13-11(12(15)16)10-5-3-4-9(6-10)7-17-2/h3-6,11H,7H2,1-2H3,(H,13,14)(H,15,16). The number of methoxy groups -OCH3 is 1. The lowest BCUT2D eigenvalue weighted by molar-refractivity contribution is -0.141. The fourth-order valence-electron chi connectivity index (χ4n) is 1.52. The van der Waals surface area contributed by atoms with E-state index in [1.807, 2.05) is 6.07 Å². The summed E-state index contributed by atoms with van der Waals surface area (Å²) in [6.45, 7) is 1.69. The number of benzene rings is 1. The third-order valence-electron chi connectivity index (χ3n) is 2.19. The van der Waals surface area contributed by atoms with E-state index in [9.17, 15) is 9.59 Å². The molecule has 0 bridgehead atoms. The first-order chi connectivity index (χ1) is 8.04. The van der Waals surface area contributed by atoms with Gasteiger partial charge in [-0.15, -0.1) is 0 Å². The second-order valence-electron chi connectivity index (χ2n) is 3.65. The third-order valence-corrected chi connectivity index (χ3v) is 2.19. The molecule has 5 nitrogen and oxygen atoms in total. The predicted molar refractivity (Wildman–Crippen MR) is 61.3 cm³/mol. The number of rotatable bonds is 5. The van der Waals surface area contributed by atoms with Gasteiger partial charge in [0.2, 0.25) is 5.91 Å². The molecule has 0 heterocycles. The summed E-state index contributed by atoms with van der Waals surface area (Å²) in [6.07, 6.45) is 0. The van der Waals surface area contributed by atoms with E-state index in [-0.39, 0.29) is 5.91 Å². The molecule has 0 aliphatic carbocycles. The number of nitrogens with one attached hydrogen (secondary N) is 1. The molecule has 17 heavy (non-hydrogen) atoms. The van der Waals surface area contributed by atoms with Gasteiger partial charge >= 0.3 is 5.97 Å². The molecule has 0 spiro atoms. The number of hydrogen-bond acceptors (Lipinski definition) is 3. The first-order valence-electron chi connectivity index (χ1n) is 5.12. The topological polar surface area (TPSA) is 75.6 Å². The fourth-order valence-corrected chi connectivity index (χ4v) is 1.52. The van der Waals surface area contributed by atoms with Gasteiger partial charge in [-0.3, -0.25) is 4.79 Å². The minimum atomic E-state index is -1.09. The van der Waals surface area contributed by atoms with E-state index < -0.39 is 12.0 Å². The number of carbonyl (C=O) groups is 2. The van der Waals surface area contributed by atoms with Gasteiger partial charge in [-0.1, -0.05) is 24.3 Å². The van der Waals surface area contributed by atoms with Gasteiger partial charge in [0, 0.05) is 14.0 Å². The Bertz CT molecular complexity index is 417. The maximum Gasteiger partial charge on any atom is 0.330 e. The van der Waals surface area contributed by atoms with E-state index in [4.69, 9.17) is 9.84 Å². The average molecular weight is 237 g/mol. The highest BCUT2D eigenvalue weighted by molar-refractivity contribution is 5.83. The van der Waals surface area contributed by atoms with Gasteiger partial charge in [0.05, 0.1) is 6.61 Å². The zero-order valence-corrected chi connectivity index (χ0v) is 9.77. The molecule has 0 saturated heterocycles. The van der Waals surface area contributed by atoms with Crippen LogP contribution in [-0.2, 0) is 20.9 Å². The number of carboxylic acids is 1. The highest BCUT2D eigenvalue weighted by Gasteiger charge is 2.20. The van der Waals surface area contributed by atoms with Gasteiger partial charge in [0.1, 0.15) is 0 Å². The minimum absolute atomic E-state index is 0.380. The summed E-state index contributed by atoms with van der Waals surface area (Å²) in [7, 11) is 1.56. The van der Waals surface area contributed by atoms with E-state index >= 15 is 0 Å². The first-order valence-corrected chi connectivity index (χ1v) is 5.12. The molecule has 1 unspecified atom stereocenters. The fraction of sp³-hybridized carbons (Fsp3) is 0.333. The highest BCUT2D eigenvalue weighted by atomic mass is 16.5. The van der Waals surface area contributed by atoms with Crippen LogP contribution in [-0.4, -0.2) is 24.1 Å². The smallest absolute Gasteiger partial charge is 0.330 e. The van der Waals surface area contributed by atoms with Crippen LogP contribution in [0, 0.1) is 0 Å². The highest BCUT2D eigenvalue weighted by Crippen LogP contribution is 2.15. The summed E-state index contributed by atoms with van der Waals surface area (Å²) in [5.74, 6) is -1.47. The summed E-state index contributed by atoms with van der Waals surface area (Å²) in [4.78, 5) is 22.0. The molecular weight excluding hydrogens is 222 g/mol. The molecule has 1 aromatic rings. The molecule has 2 N–H and O–H groups in total. The predicted octanol–water partition coefficient (Wildman–Crippen LogP) is 1.09. The van der Waals surface area contributed by atoms with E-state index in [1.54, 1.807) is 25.3 Å². The summed E-state index contributed by atoms with van der Waals surface area (Å²) in [5, 5.41) is 11.4. The molecule has 1 atom stereocenters. The number of amides is 1. The average Bonchev–Trinajstić information content (AvgIpc) is 2.26. The van der Waals surface area contributed by atoms with Gasteiger partial charge in [0.25, 0.3) is 0 Å². The normalized spacial score (nSPS) is 11.9. The molecule has 1 amide bonds. The van der Waals surface area contributed by atoms with Crippen molar-refractivity contribution in [2.45, 2.75) is 19.6 Å². The summed E-state index contributed by atoms with van der Waals surface area (Å²) in [5.41, 5.74) is 1.39. The van der Waals surface area contributed by atoms with E-state index in [2.05, 4.69) is 5.32 Å². The Morgan fingerprint density at radius 3 is 2.71 bits per heavy atom. The van der Waals surface area contributed by atoms with Gasteiger partial charge in [-0.05, 0) is 11.1 Å². The van der Waals surface area contributed by atoms with Crippen LogP contribution in [0.2, 0.25) is 0 Å². The number of carboxylic acid groups (broad SMARTS) is 1. The van der Waals surface area contributed by atoms with Gasteiger partial charge in [0.15, 0.2) is 6.04 Å².